The standard InChI is InChI=1S/C45H60N8O8/c1-4-39-42(59)50-37(22-31-17-19-33(56)20-18-31)41(58)51-44(28-54,24-32-25-47-35-15-9-8-14-34(32)35)26-48-36(16-10-11-21-46)40(57)52-45(61,29(2)55)27-49-38(43(60)53(39)3)23-30-12-6-5-7-13-30/h5-9,12-15,17-20,25,28-29,36-39,47-49,55-56,61H,4,10-11,16,21-24,26-27,46H2,1-3H3,(H,50,59)(H,51,58)(H,52,57)/t29-,36+,37+,38+,39+,44+,45?/m1/s1. The van der Waals surface area contributed by atoms with E-state index in [0.29, 0.717) is 36.8 Å². The van der Waals surface area contributed by atoms with E-state index < -0.39 is 71.7 Å². The molecule has 1 fully saturated rings. The lowest BCUT2D eigenvalue weighted by molar-refractivity contribution is -0.144. The number of unbranched alkanes of at least 4 members (excludes halogenated alkanes) is 1. The Morgan fingerprint density at radius 3 is 2.15 bits per heavy atom. The van der Waals surface area contributed by atoms with E-state index in [1.807, 2.05) is 54.6 Å². The van der Waals surface area contributed by atoms with Crippen molar-refractivity contribution in [2.24, 2.45) is 5.73 Å². The van der Waals surface area contributed by atoms with Crippen molar-refractivity contribution in [3.8, 4) is 5.75 Å². The number of carbonyl (C=O) groups excluding carboxylic acids is 5. The monoisotopic (exact) mass is 840 g/mol. The number of hydrogen-bond acceptors (Lipinski definition) is 11. The van der Waals surface area contributed by atoms with Gasteiger partial charge in [-0.15, -0.1) is 0 Å². The number of rotatable bonds is 13. The van der Waals surface area contributed by atoms with Crippen LogP contribution >= 0.6 is 0 Å². The molecule has 16 heteroatoms. The normalized spacial score (nSPS) is 25.5. The smallest absolute Gasteiger partial charge is 0.243 e. The maximum absolute atomic E-state index is 14.7. The van der Waals surface area contributed by atoms with Gasteiger partial charge in [0.2, 0.25) is 23.6 Å². The second-order valence-electron chi connectivity index (χ2n) is 16.0. The average molecular weight is 841 g/mol. The van der Waals surface area contributed by atoms with Gasteiger partial charge in [-0.2, -0.15) is 0 Å². The summed E-state index contributed by atoms with van der Waals surface area (Å²) in [5.41, 5.74) is 4.68. The third-order valence-electron chi connectivity index (χ3n) is 11.4. The Hall–Kier alpha value is -5.65. The first kappa shape index (κ1) is 46.4. The van der Waals surface area contributed by atoms with E-state index in [4.69, 9.17) is 5.73 Å². The number of nitrogens with two attached hydrogens (primary N) is 1. The van der Waals surface area contributed by atoms with Crippen LogP contribution in [-0.2, 0) is 43.2 Å². The summed E-state index contributed by atoms with van der Waals surface area (Å²) in [6.45, 7) is 2.66. The molecular weight excluding hydrogens is 781 g/mol. The lowest BCUT2D eigenvalue weighted by Gasteiger charge is -2.38. The van der Waals surface area contributed by atoms with E-state index in [-0.39, 0.29) is 44.4 Å². The van der Waals surface area contributed by atoms with E-state index in [1.54, 1.807) is 25.3 Å². The molecule has 0 spiro atoms. The number of aromatic amines is 1. The Balaban J connectivity index is 1.61. The van der Waals surface area contributed by atoms with Gasteiger partial charge < -0.3 is 62.3 Å². The minimum absolute atomic E-state index is 0.00788. The molecule has 0 bridgehead atoms. The number of H-pyrrole nitrogens is 1. The minimum Gasteiger partial charge on any atom is -0.508 e. The van der Waals surface area contributed by atoms with Gasteiger partial charge >= 0.3 is 0 Å². The number of carbonyl (C=O) groups is 5. The molecule has 4 amide bonds. The molecule has 1 saturated heterocycles. The van der Waals surface area contributed by atoms with Gasteiger partial charge in [-0.1, -0.05) is 74.0 Å². The summed E-state index contributed by atoms with van der Waals surface area (Å²) >= 11 is 0. The van der Waals surface area contributed by atoms with Crippen LogP contribution in [0.2, 0.25) is 0 Å². The molecule has 11 N–H and O–H groups in total. The number of para-hydroxylation sites is 1. The number of aromatic hydroxyl groups is 1. The number of fused-ring (bicyclic) bond motifs is 1. The SMILES string of the molecule is CC[C@H]1C(=O)N[C@@H](Cc2ccc(O)cc2)C(=O)N[C@@](C=O)(Cc2c[nH]c3ccccc23)CN[C@@H](CCCCN)C(=O)NC(O)([C@@H](C)O)CN[C@@H](Cc2ccccc2)C(=O)N1C. The van der Waals surface area contributed by atoms with Gasteiger partial charge in [-0.25, -0.2) is 0 Å². The minimum atomic E-state index is -2.28. The molecule has 0 saturated carbocycles. The Morgan fingerprint density at radius 2 is 1.48 bits per heavy atom. The van der Waals surface area contributed by atoms with Crippen LogP contribution < -0.4 is 32.3 Å². The number of aliphatic hydroxyl groups excluding tert-OH is 1. The number of benzene rings is 3. The molecule has 16 nitrogen and oxygen atoms in total. The third-order valence-corrected chi connectivity index (χ3v) is 11.4. The van der Waals surface area contributed by atoms with E-state index in [1.165, 1.54) is 31.0 Å². The average Bonchev–Trinajstić information content (AvgIpc) is 3.65. The maximum Gasteiger partial charge on any atom is 0.243 e. The van der Waals surface area contributed by atoms with Crippen molar-refractivity contribution in [3.63, 3.8) is 0 Å². The van der Waals surface area contributed by atoms with Crippen LogP contribution in [0.5, 0.6) is 5.75 Å². The zero-order valence-corrected chi connectivity index (χ0v) is 35.0. The van der Waals surface area contributed by atoms with Crippen molar-refractivity contribution in [2.75, 3.05) is 26.7 Å². The predicted molar refractivity (Wildman–Crippen MR) is 231 cm³/mol. The molecule has 7 atom stereocenters. The Kier molecular flexibility index (Phi) is 16.2. The summed E-state index contributed by atoms with van der Waals surface area (Å²) in [6.07, 6.45) is 2.29. The highest BCUT2D eigenvalue weighted by Crippen LogP contribution is 2.23. The molecule has 1 unspecified atom stereocenters. The number of β-amino-alcohol motifs (C(OH)–C–C–N with tert-alkyl or cyclic N) is 1. The van der Waals surface area contributed by atoms with Crippen molar-refractivity contribution in [1.29, 1.82) is 0 Å². The van der Waals surface area contributed by atoms with Crippen molar-refractivity contribution in [3.05, 3.63) is 102 Å². The largest absolute Gasteiger partial charge is 0.508 e. The highest BCUT2D eigenvalue weighted by Gasteiger charge is 2.42. The van der Waals surface area contributed by atoms with Gasteiger partial charge in [0.25, 0.3) is 0 Å². The number of aromatic nitrogens is 1. The number of amides is 4. The molecule has 3 aromatic carbocycles. The van der Waals surface area contributed by atoms with Gasteiger partial charge in [-0.05, 0) is 74.0 Å². The second kappa shape index (κ2) is 21.2. The zero-order valence-electron chi connectivity index (χ0n) is 35.0. The molecule has 1 aliphatic rings. The fourth-order valence-electron chi connectivity index (χ4n) is 7.69. The Labute approximate surface area is 356 Å². The van der Waals surface area contributed by atoms with E-state index in [2.05, 4.69) is 31.6 Å². The number of phenolic OH excluding ortho intramolecular Hbond substituents is 1. The van der Waals surface area contributed by atoms with Crippen molar-refractivity contribution < 1.29 is 39.3 Å². The molecule has 61 heavy (non-hydrogen) atoms. The van der Waals surface area contributed by atoms with Crippen molar-refractivity contribution >= 4 is 40.8 Å². The quantitative estimate of drug-likeness (QED) is 0.0670. The summed E-state index contributed by atoms with van der Waals surface area (Å²) in [5, 5.41) is 48.3. The number of likely N-dealkylation sites (N-methyl/N-ethyl adjacent to an activating group) is 1. The molecule has 2 heterocycles. The molecule has 4 aromatic rings. The maximum atomic E-state index is 14.7. The van der Waals surface area contributed by atoms with Crippen molar-refractivity contribution in [2.45, 2.75) is 100 Å². The summed E-state index contributed by atoms with van der Waals surface area (Å²) in [4.78, 5) is 75.7. The fraction of sp³-hybridized carbons (Fsp3) is 0.444. The number of nitrogens with zero attached hydrogens (tertiary/aromatic N) is 1. The number of nitrogens with one attached hydrogen (secondary N) is 6. The van der Waals surface area contributed by atoms with Crippen LogP contribution in [0.15, 0.2) is 85.1 Å². The lowest BCUT2D eigenvalue weighted by atomic mass is 9.90. The first-order valence-electron chi connectivity index (χ1n) is 20.8. The Morgan fingerprint density at radius 1 is 0.836 bits per heavy atom. The van der Waals surface area contributed by atoms with E-state index >= 15 is 0 Å². The first-order chi connectivity index (χ1) is 29.2. The molecule has 0 aliphatic carbocycles. The molecule has 5 rings (SSSR count). The lowest BCUT2D eigenvalue weighted by Crippen LogP contribution is -2.68. The van der Waals surface area contributed by atoms with Crippen LogP contribution in [-0.4, -0.2) is 123 Å². The topological polar surface area (TPSA) is 251 Å². The van der Waals surface area contributed by atoms with Gasteiger partial charge in [0, 0.05) is 50.1 Å². The van der Waals surface area contributed by atoms with Crippen LogP contribution in [0, 0.1) is 0 Å². The molecular formula is C45H60N8O8. The van der Waals surface area contributed by atoms with Gasteiger partial charge in [0.05, 0.1) is 18.2 Å². The molecule has 0 radical (unpaired) electrons. The summed E-state index contributed by atoms with van der Waals surface area (Å²) in [6, 6.07) is 18.3. The highest BCUT2D eigenvalue weighted by molar-refractivity contribution is 5.94. The molecule has 328 valence electrons. The van der Waals surface area contributed by atoms with E-state index in [0.717, 1.165) is 16.5 Å². The van der Waals surface area contributed by atoms with E-state index in [9.17, 15) is 39.3 Å². The van der Waals surface area contributed by atoms with Gasteiger partial charge in [0.1, 0.15) is 29.7 Å². The number of phenols is 1. The number of hydrogen-bond donors (Lipinski definition) is 10. The molecule has 1 aliphatic heterocycles. The Bertz CT molecular complexity index is 2100. The van der Waals surface area contributed by atoms with Crippen LogP contribution in [0.25, 0.3) is 10.9 Å². The van der Waals surface area contributed by atoms with Gasteiger partial charge in [-0.3, -0.25) is 19.2 Å². The summed E-state index contributed by atoms with van der Waals surface area (Å²) in [7, 11) is 1.47. The summed E-state index contributed by atoms with van der Waals surface area (Å²) in [5.74, 6) is -2.56. The molecule has 1 aromatic heterocycles. The zero-order chi connectivity index (χ0) is 44.2. The predicted octanol–water partition coefficient (Wildman–Crippen LogP) is 0.922. The van der Waals surface area contributed by atoms with Crippen LogP contribution in [0.3, 0.4) is 0 Å². The number of aldehydes is 1. The summed E-state index contributed by atoms with van der Waals surface area (Å²) < 4.78 is 0. The third kappa shape index (κ3) is 12.0. The first-order valence-corrected chi connectivity index (χ1v) is 20.8. The number of aliphatic hydroxyl groups is 2. The highest BCUT2D eigenvalue weighted by atomic mass is 16.4. The van der Waals surface area contributed by atoms with Crippen molar-refractivity contribution in [1.82, 2.24) is 36.5 Å². The van der Waals surface area contributed by atoms with Crippen LogP contribution in [0.1, 0.15) is 56.2 Å². The fourth-order valence-corrected chi connectivity index (χ4v) is 7.69. The second-order valence-corrected chi connectivity index (χ2v) is 16.0. The van der Waals surface area contributed by atoms with Gasteiger partial charge in [0.15, 0.2) is 5.72 Å². The van der Waals surface area contributed by atoms with Crippen LogP contribution in [0.4, 0.5) is 0 Å².